The van der Waals surface area contributed by atoms with Gasteiger partial charge in [-0.3, -0.25) is 9.19 Å². The maximum absolute atomic E-state index is 13.1. The Kier molecular flexibility index (Phi) is 7.04. The molecule has 7 nitrogen and oxygen atoms in total. The number of carbonyl (C=O) groups is 1. The molecule has 0 radical (unpaired) electrons. The number of aromatic nitrogens is 1. The molecule has 1 N–H and O–H groups in total. The van der Waals surface area contributed by atoms with Crippen LogP contribution in [0.3, 0.4) is 0 Å². The number of piperidine rings is 1. The lowest BCUT2D eigenvalue weighted by atomic mass is 10.0. The van der Waals surface area contributed by atoms with Gasteiger partial charge in [0.2, 0.25) is 0 Å². The molecule has 1 aromatic heterocycles. The Morgan fingerprint density at radius 3 is 2.48 bits per heavy atom. The molecule has 1 aromatic carbocycles. The average Bonchev–Trinajstić information content (AvgIpc) is 3.32. The number of hydrogen-bond acceptors (Lipinski definition) is 5. The number of carbonyl (C=O) groups excluding carboxylic acids is 1. The molecule has 0 aliphatic carbocycles. The fraction of sp³-hybridized carbons (Fsp3) is 0.520. The van der Waals surface area contributed by atoms with Crippen LogP contribution in [0.15, 0.2) is 47.6 Å². The number of fused-ring (bicyclic) bond motifs is 1. The van der Waals surface area contributed by atoms with Gasteiger partial charge in [0.25, 0.3) is 0 Å². The molecule has 3 aliphatic rings. The van der Waals surface area contributed by atoms with E-state index in [0.29, 0.717) is 25.7 Å². The van der Waals surface area contributed by atoms with Gasteiger partial charge in [0.15, 0.2) is 0 Å². The van der Waals surface area contributed by atoms with Gasteiger partial charge in [-0.1, -0.05) is 12.1 Å². The monoisotopic (exact) mass is 468 g/mol. The third kappa shape index (κ3) is 5.28. The number of hydrogen-bond donors (Lipinski definition) is 1. The van der Waals surface area contributed by atoms with Gasteiger partial charge in [0.05, 0.1) is 10.8 Å². The van der Waals surface area contributed by atoms with Crippen LogP contribution < -0.4 is 5.32 Å². The first-order valence-electron chi connectivity index (χ1n) is 11.9. The van der Waals surface area contributed by atoms with Crippen LogP contribution in [-0.4, -0.2) is 62.6 Å². The van der Waals surface area contributed by atoms with Crippen molar-refractivity contribution in [2.45, 2.75) is 61.5 Å². The minimum atomic E-state index is -0.988. The van der Waals surface area contributed by atoms with Crippen molar-refractivity contribution in [2.75, 3.05) is 26.3 Å². The lowest BCUT2D eigenvalue weighted by Gasteiger charge is -2.38. The van der Waals surface area contributed by atoms with Crippen molar-refractivity contribution in [1.82, 2.24) is 20.1 Å². The predicted molar refractivity (Wildman–Crippen MR) is 127 cm³/mol. The third-order valence-corrected chi connectivity index (χ3v) is 8.91. The third-order valence-electron chi connectivity index (χ3n) is 7.10. The van der Waals surface area contributed by atoms with E-state index in [2.05, 4.69) is 15.2 Å². The van der Waals surface area contributed by atoms with Crippen LogP contribution in [0.2, 0.25) is 0 Å². The zero-order chi connectivity index (χ0) is 22.6. The zero-order valence-corrected chi connectivity index (χ0v) is 19.8. The van der Waals surface area contributed by atoms with E-state index in [1.54, 1.807) is 11.1 Å². The van der Waals surface area contributed by atoms with Gasteiger partial charge < -0.3 is 19.9 Å². The Bertz CT molecular complexity index is 960. The van der Waals surface area contributed by atoms with Crippen LogP contribution in [0, 0.1) is 0 Å². The molecule has 0 spiro atoms. The highest BCUT2D eigenvalue weighted by atomic mass is 32.2. The quantitative estimate of drug-likeness (QED) is 0.730. The Morgan fingerprint density at radius 2 is 1.76 bits per heavy atom. The van der Waals surface area contributed by atoms with Crippen LogP contribution in [0.5, 0.6) is 0 Å². The molecular weight excluding hydrogens is 436 g/mol. The van der Waals surface area contributed by atoms with Gasteiger partial charge in [-0.05, 0) is 73.7 Å². The number of nitrogens with one attached hydrogen (secondary N) is 1. The number of amides is 2. The minimum absolute atomic E-state index is 0.0739. The van der Waals surface area contributed by atoms with Crippen LogP contribution in [0.1, 0.15) is 42.4 Å². The standard InChI is InChI=1S/C25H32N4O3S/c30-25(29-17-20-5-10-26-16-21(20)18-29)27-15-19-1-3-23(4-2-19)33(31)24-6-11-28(12-7-24)22-8-13-32-14-9-22/h1-5,10,16,22,24H,6-9,11-15,17-18H2,(H,27,30). The first-order chi connectivity index (χ1) is 16.2. The number of likely N-dealkylation sites (tertiary alicyclic amines) is 1. The van der Waals surface area contributed by atoms with E-state index in [0.717, 1.165) is 73.6 Å². The van der Waals surface area contributed by atoms with Crippen LogP contribution in [0.4, 0.5) is 4.79 Å². The van der Waals surface area contributed by atoms with Gasteiger partial charge in [-0.25, -0.2) is 4.79 Å². The molecule has 8 heteroatoms. The molecule has 2 amide bonds. The van der Waals surface area contributed by atoms with Gasteiger partial charge in [-0.2, -0.15) is 0 Å². The number of nitrogens with zero attached hydrogens (tertiary/aromatic N) is 3. The Labute approximate surface area is 198 Å². The maximum Gasteiger partial charge on any atom is 0.318 e. The van der Waals surface area contributed by atoms with Gasteiger partial charge in [-0.15, -0.1) is 0 Å². The largest absolute Gasteiger partial charge is 0.381 e. The van der Waals surface area contributed by atoms with E-state index in [1.165, 1.54) is 0 Å². The van der Waals surface area contributed by atoms with Gasteiger partial charge in [0.1, 0.15) is 0 Å². The van der Waals surface area contributed by atoms with Crippen molar-refractivity contribution >= 4 is 16.8 Å². The second-order valence-electron chi connectivity index (χ2n) is 9.18. The zero-order valence-electron chi connectivity index (χ0n) is 18.9. The van der Waals surface area contributed by atoms with Crippen molar-refractivity contribution in [3.63, 3.8) is 0 Å². The summed E-state index contributed by atoms with van der Waals surface area (Å²) in [5.74, 6) is 0. The van der Waals surface area contributed by atoms with Crippen molar-refractivity contribution in [2.24, 2.45) is 0 Å². The van der Waals surface area contributed by atoms with Gasteiger partial charge >= 0.3 is 6.03 Å². The first-order valence-corrected chi connectivity index (χ1v) is 13.1. The van der Waals surface area contributed by atoms with Crippen molar-refractivity contribution in [3.8, 4) is 0 Å². The van der Waals surface area contributed by atoms with Crippen LogP contribution >= 0.6 is 0 Å². The highest BCUT2D eigenvalue weighted by Crippen LogP contribution is 2.25. The van der Waals surface area contributed by atoms with Crippen molar-refractivity contribution in [1.29, 1.82) is 0 Å². The van der Waals surface area contributed by atoms with Crippen molar-refractivity contribution in [3.05, 3.63) is 59.4 Å². The molecule has 2 aromatic rings. The summed E-state index contributed by atoms with van der Waals surface area (Å²) in [4.78, 5) is 21.9. The summed E-state index contributed by atoms with van der Waals surface area (Å²) in [7, 11) is -0.988. The molecular formula is C25H32N4O3S. The van der Waals surface area contributed by atoms with E-state index < -0.39 is 10.8 Å². The Balaban J connectivity index is 1.09. The van der Waals surface area contributed by atoms with Crippen LogP contribution in [0.25, 0.3) is 0 Å². The SMILES string of the molecule is O=C(NCc1ccc(S(=O)C2CCN(C3CCOCC3)CC2)cc1)N1Cc2ccncc2C1. The van der Waals surface area contributed by atoms with Gasteiger partial charge in [0, 0.05) is 61.4 Å². The molecule has 176 valence electrons. The molecule has 33 heavy (non-hydrogen) atoms. The molecule has 1 unspecified atom stereocenters. The Morgan fingerprint density at radius 1 is 1.03 bits per heavy atom. The van der Waals surface area contributed by atoms with E-state index >= 15 is 0 Å². The maximum atomic E-state index is 13.1. The van der Waals surface area contributed by atoms with Crippen LogP contribution in [-0.2, 0) is 35.2 Å². The highest BCUT2D eigenvalue weighted by molar-refractivity contribution is 7.85. The summed E-state index contributed by atoms with van der Waals surface area (Å²) in [6, 6.07) is 10.4. The normalized spacial score (nSPS) is 21.0. The smallest absolute Gasteiger partial charge is 0.318 e. The fourth-order valence-corrected chi connectivity index (χ4v) is 6.52. The fourth-order valence-electron chi connectivity index (χ4n) is 5.09. The predicted octanol–water partition coefficient (Wildman–Crippen LogP) is 3.06. The van der Waals surface area contributed by atoms with E-state index in [4.69, 9.17) is 4.74 Å². The molecule has 5 rings (SSSR count). The Hall–Kier alpha value is -2.29. The summed E-state index contributed by atoms with van der Waals surface area (Å²) < 4.78 is 18.6. The molecule has 1 atom stereocenters. The second kappa shape index (κ2) is 10.3. The molecule has 0 bridgehead atoms. The summed E-state index contributed by atoms with van der Waals surface area (Å²) in [6.07, 6.45) is 7.80. The molecule has 0 saturated carbocycles. The number of pyridine rings is 1. The number of ether oxygens (including phenoxy) is 1. The summed E-state index contributed by atoms with van der Waals surface area (Å²) in [5.41, 5.74) is 3.28. The number of rotatable bonds is 5. The first kappa shape index (κ1) is 22.5. The van der Waals surface area contributed by atoms with E-state index in [9.17, 15) is 9.00 Å². The highest BCUT2D eigenvalue weighted by Gasteiger charge is 2.29. The lowest BCUT2D eigenvalue weighted by molar-refractivity contribution is 0.0278. The van der Waals surface area contributed by atoms with E-state index in [1.807, 2.05) is 36.5 Å². The van der Waals surface area contributed by atoms with E-state index in [-0.39, 0.29) is 11.3 Å². The number of urea groups is 1. The van der Waals surface area contributed by atoms with Crippen molar-refractivity contribution < 1.29 is 13.7 Å². The molecule has 4 heterocycles. The lowest BCUT2D eigenvalue weighted by Crippen LogP contribution is -2.45. The topological polar surface area (TPSA) is 74.8 Å². The average molecular weight is 469 g/mol. The molecule has 2 fully saturated rings. The molecule has 2 saturated heterocycles. The minimum Gasteiger partial charge on any atom is -0.381 e. The summed E-state index contributed by atoms with van der Waals surface area (Å²) in [5, 5.41) is 3.22. The summed E-state index contributed by atoms with van der Waals surface area (Å²) >= 11 is 0. The second-order valence-corrected chi connectivity index (χ2v) is 10.9. The summed E-state index contributed by atoms with van der Waals surface area (Å²) in [6.45, 7) is 5.47. The number of benzene rings is 1. The molecule has 3 aliphatic heterocycles.